The Hall–Kier alpha value is -3.46. The molecule has 10 heteroatoms. The van der Waals surface area contributed by atoms with Gasteiger partial charge >= 0.3 is 0 Å². The van der Waals surface area contributed by atoms with E-state index in [0.717, 1.165) is 12.8 Å². The molecule has 2 unspecified atom stereocenters. The van der Waals surface area contributed by atoms with Crippen LogP contribution in [0.4, 0.5) is 10.4 Å². The Balaban J connectivity index is 1.44. The third-order valence-electron chi connectivity index (χ3n) is 6.41. The molecule has 4 aromatic rings. The molecule has 1 saturated heterocycles. The van der Waals surface area contributed by atoms with E-state index in [0.29, 0.717) is 40.9 Å². The summed E-state index contributed by atoms with van der Waals surface area (Å²) in [6.07, 6.45) is 4.90. The van der Waals surface area contributed by atoms with E-state index in [4.69, 9.17) is 16.0 Å². The molecule has 0 aliphatic carbocycles. The van der Waals surface area contributed by atoms with Crippen molar-refractivity contribution in [2.24, 2.45) is 5.92 Å². The molecule has 0 spiro atoms. The van der Waals surface area contributed by atoms with Crippen LogP contribution in [0.15, 0.2) is 47.1 Å². The number of carbonyl (C=O) groups excluding carboxylic acids is 1. The van der Waals surface area contributed by atoms with Crippen LogP contribution in [0.25, 0.3) is 16.8 Å². The Kier molecular flexibility index (Phi) is 5.95. The zero-order valence-electron chi connectivity index (χ0n) is 18.8. The zero-order chi connectivity index (χ0) is 23.8. The van der Waals surface area contributed by atoms with Gasteiger partial charge in [0.2, 0.25) is 0 Å². The van der Waals surface area contributed by atoms with E-state index < -0.39 is 5.82 Å². The number of piperidine rings is 1. The van der Waals surface area contributed by atoms with Gasteiger partial charge in [-0.3, -0.25) is 4.79 Å². The molecule has 5 rings (SSSR count). The summed E-state index contributed by atoms with van der Waals surface area (Å²) in [6, 6.07) is 8.36. The summed E-state index contributed by atoms with van der Waals surface area (Å²) < 4.78 is 20.3. The van der Waals surface area contributed by atoms with Gasteiger partial charge in [0.1, 0.15) is 11.3 Å². The molecule has 1 aliphatic rings. The molecule has 34 heavy (non-hydrogen) atoms. The summed E-state index contributed by atoms with van der Waals surface area (Å²) in [5, 5.41) is 12.1. The standard InChI is InChI=1S/C24H24ClFN6O2/c1-14-4-3-11-31(20(14)13-27-24-30-18-12-16(25)5-8-21(18)34-24)23(33)22-15(2)17(26)6-7-19(22)32-28-9-10-29-32/h5-10,12,14,20H,3-4,11,13H2,1-2H3,(H,27,30). The predicted molar refractivity (Wildman–Crippen MR) is 127 cm³/mol. The number of rotatable bonds is 5. The fourth-order valence-corrected chi connectivity index (χ4v) is 4.74. The number of anilines is 1. The molecule has 2 atom stereocenters. The number of benzene rings is 2. The van der Waals surface area contributed by atoms with Crippen LogP contribution in [0.3, 0.4) is 0 Å². The SMILES string of the molecule is Cc1c(F)ccc(-n2nccn2)c1C(=O)N1CCCC(C)C1CNc1nc2cc(Cl)ccc2o1. The molecule has 0 saturated carbocycles. The summed E-state index contributed by atoms with van der Waals surface area (Å²) in [6.45, 7) is 4.74. The first-order chi connectivity index (χ1) is 16.4. The van der Waals surface area contributed by atoms with Crippen molar-refractivity contribution in [3.05, 3.63) is 64.7 Å². The van der Waals surface area contributed by atoms with Gasteiger partial charge in [0, 0.05) is 18.1 Å². The van der Waals surface area contributed by atoms with E-state index in [1.54, 1.807) is 31.2 Å². The number of hydrogen-bond acceptors (Lipinski definition) is 6. The van der Waals surface area contributed by atoms with Crippen molar-refractivity contribution in [1.29, 1.82) is 0 Å². The molecular weight excluding hydrogens is 459 g/mol. The monoisotopic (exact) mass is 482 g/mol. The number of carbonyl (C=O) groups is 1. The molecule has 1 N–H and O–H groups in total. The molecule has 1 aliphatic heterocycles. The van der Waals surface area contributed by atoms with Crippen molar-refractivity contribution >= 4 is 34.6 Å². The molecule has 1 fully saturated rings. The minimum atomic E-state index is -0.441. The van der Waals surface area contributed by atoms with E-state index in [9.17, 15) is 9.18 Å². The van der Waals surface area contributed by atoms with Crippen molar-refractivity contribution < 1.29 is 13.6 Å². The summed E-state index contributed by atoms with van der Waals surface area (Å²) in [5.41, 5.74) is 2.29. The van der Waals surface area contributed by atoms with Crippen LogP contribution in [0.2, 0.25) is 5.02 Å². The maximum atomic E-state index is 14.5. The molecule has 8 nitrogen and oxygen atoms in total. The van der Waals surface area contributed by atoms with Gasteiger partial charge in [-0.2, -0.15) is 20.0 Å². The van der Waals surface area contributed by atoms with Crippen LogP contribution in [0, 0.1) is 18.7 Å². The Morgan fingerprint density at radius 1 is 1.26 bits per heavy atom. The second-order valence-electron chi connectivity index (χ2n) is 8.58. The van der Waals surface area contributed by atoms with Crippen LogP contribution in [0.5, 0.6) is 0 Å². The first-order valence-electron chi connectivity index (χ1n) is 11.2. The normalized spacial score (nSPS) is 18.4. The molecule has 1 amide bonds. The Bertz CT molecular complexity index is 1340. The van der Waals surface area contributed by atoms with Gasteiger partial charge in [-0.05, 0) is 61.6 Å². The van der Waals surface area contributed by atoms with E-state index >= 15 is 0 Å². The summed E-state index contributed by atoms with van der Waals surface area (Å²) in [4.78, 5) is 21.5. The fourth-order valence-electron chi connectivity index (χ4n) is 4.57. The van der Waals surface area contributed by atoms with Crippen molar-refractivity contribution in [3.63, 3.8) is 0 Å². The van der Waals surface area contributed by atoms with Crippen molar-refractivity contribution in [2.45, 2.75) is 32.7 Å². The number of nitrogens with one attached hydrogen (secondary N) is 1. The third kappa shape index (κ3) is 4.11. The highest BCUT2D eigenvalue weighted by Gasteiger charge is 2.35. The average Bonchev–Trinajstić information content (AvgIpc) is 3.49. The van der Waals surface area contributed by atoms with E-state index in [2.05, 4.69) is 27.4 Å². The summed E-state index contributed by atoms with van der Waals surface area (Å²) >= 11 is 6.05. The van der Waals surface area contributed by atoms with E-state index in [1.165, 1.54) is 23.3 Å². The van der Waals surface area contributed by atoms with Crippen LogP contribution < -0.4 is 5.32 Å². The van der Waals surface area contributed by atoms with Crippen molar-refractivity contribution in [2.75, 3.05) is 18.4 Å². The van der Waals surface area contributed by atoms with Crippen molar-refractivity contribution in [1.82, 2.24) is 24.9 Å². The van der Waals surface area contributed by atoms with Gasteiger partial charge in [-0.15, -0.1) is 0 Å². The number of amides is 1. The number of likely N-dealkylation sites (tertiary alicyclic amines) is 1. The number of nitrogens with zero attached hydrogens (tertiary/aromatic N) is 5. The second kappa shape index (κ2) is 9.06. The van der Waals surface area contributed by atoms with Gasteiger partial charge < -0.3 is 14.6 Å². The summed E-state index contributed by atoms with van der Waals surface area (Å²) in [7, 11) is 0. The van der Waals surface area contributed by atoms with Crippen molar-refractivity contribution in [3.8, 4) is 5.69 Å². The first-order valence-corrected chi connectivity index (χ1v) is 11.6. The lowest BCUT2D eigenvalue weighted by Crippen LogP contribution is -2.51. The van der Waals surface area contributed by atoms with E-state index in [-0.39, 0.29) is 29.0 Å². The highest BCUT2D eigenvalue weighted by Crippen LogP contribution is 2.30. The lowest BCUT2D eigenvalue weighted by atomic mass is 9.89. The Morgan fingerprint density at radius 2 is 2.06 bits per heavy atom. The average molecular weight is 483 g/mol. The zero-order valence-corrected chi connectivity index (χ0v) is 19.6. The number of hydrogen-bond donors (Lipinski definition) is 1. The first kappa shape index (κ1) is 22.3. The van der Waals surface area contributed by atoms with Gasteiger partial charge in [0.15, 0.2) is 5.58 Å². The van der Waals surface area contributed by atoms with E-state index in [1.807, 2.05) is 4.90 Å². The van der Waals surface area contributed by atoms with Gasteiger partial charge in [-0.25, -0.2) is 4.39 Å². The number of fused-ring (bicyclic) bond motifs is 1. The minimum Gasteiger partial charge on any atom is -0.424 e. The highest BCUT2D eigenvalue weighted by molar-refractivity contribution is 6.31. The summed E-state index contributed by atoms with van der Waals surface area (Å²) in [5.74, 6) is -0.458. The molecule has 0 radical (unpaired) electrons. The molecule has 2 aromatic carbocycles. The molecule has 176 valence electrons. The quantitative estimate of drug-likeness (QED) is 0.437. The predicted octanol–water partition coefficient (Wildman–Crippen LogP) is 4.86. The maximum Gasteiger partial charge on any atom is 0.295 e. The van der Waals surface area contributed by atoms with Crippen LogP contribution in [-0.2, 0) is 0 Å². The molecular formula is C24H24ClFN6O2. The lowest BCUT2D eigenvalue weighted by molar-refractivity contribution is 0.0537. The molecule has 0 bridgehead atoms. The topological polar surface area (TPSA) is 89.1 Å². The largest absolute Gasteiger partial charge is 0.424 e. The molecule has 3 heterocycles. The minimum absolute atomic E-state index is 0.138. The maximum absolute atomic E-state index is 14.5. The smallest absolute Gasteiger partial charge is 0.295 e. The highest BCUT2D eigenvalue weighted by atomic mass is 35.5. The number of aromatic nitrogens is 4. The lowest BCUT2D eigenvalue weighted by Gasteiger charge is -2.40. The fraction of sp³-hybridized carbons (Fsp3) is 0.333. The van der Waals surface area contributed by atoms with Crippen LogP contribution in [0.1, 0.15) is 35.7 Å². The Morgan fingerprint density at radius 3 is 2.85 bits per heavy atom. The second-order valence-corrected chi connectivity index (χ2v) is 9.02. The van der Waals surface area contributed by atoms with Gasteiger partial charge in [0.05, 0.1) is 29.7 Å². The number of halogens is 2. The Labute approximate surface area is 200 Å². The molecule has 2 aromatic heterocycles. The van der Waals surface area contributed by atoms with Gasteiger partial charge in [0.25, 0.3) is 11.9 Å². The number of oxazole rings is 1. The van der Waals surface area contributed by atoms with Gasteiger partial charge in [-0.1, -0.05) is 18.5 Å². The van der Waals surface area contributed by atoms with Crippen LogP contribution in [-0.4, -0.2) is 49.9 Å². The third-order valence-corrected chi connectivity index (χ3v) is 6.65. The van der Waals surface area contributed by atoms with Crippen LogP contribution >= 0.6 is 11.6 Å².